The summed E-state index contributed by atoms with van der Waals surface area (Å²) in [6, 6.07) is 35.8. The molecule has 0 spiro atoms. The molecule has 5 aromatic rings. The first kappa shape index (κ1) is 25.1. The Morgan fingerprint density at radius 3 is 2.02 bits per heavy atom. The van der Waals surface area contributed by atoms with E-state index in [1.54, 1.807) is 7.11 Å². The summed E-state index contributed by atoms with van der Waals surface area (Å²) in [5.74, 6) is 3.74. The fourth-order valence-corrected chi connectivity index (χ4v) is 4.58. The number of nitrogens with zero attached hydrogens (tertiary/aromatic N) is 3. The summed E-state index contributed by atoms with van der Waals surface area (Å²) in [4.78, 5) is 8.90. The number of anilines is 1. The first-order valence-electron chi connectivity index (χ1n) is 13.0. The lowest BCUT2D eigenvalue weighted by molar-refractivity contribution is 0.409. The van der Waals surface area contributed by atoms with Crippen LogP contribution in [0.15, 0.2) is 128 Å². The fraction of sp³-hybridized carbons (Fsp3) is 0.0882. The number of hydrogen-bond acceptors (Lipinski definition) is 6. The van der Waals surface area contributed by atoms with E-state index in [-0.39, 0.29) is 0 Å². The molecule has 0 saturated carbocycles. The Kier molecular flexibility index (Phi) is 7.05. The number of methoxy groups -OCH3 is 1. The quantitative estimate of drug-likeness (QED) is 0.203. The van der Waals surface area contributed by atoms with E-state index in [0.29, 0.717) is 5.75 Å². The summed E-state index contributed by atoms with van der Waals surface area (Å²) in [5.41, 5.74) is 4.92. The maximum absolute atomic E-state index is 6.31. The van der Waals surface area contributed by atoms with Gasteiger partial charge < -0.3 is 24.0 Å². The van der Waals surface area contributed by atoms with Crippen molar-refractivity contribution in [1.29, 1.82) is 0 Å². The zero-order valence-electron chi connectivity index (χ0n) is 22.4. The van der Waals surface area contributed by atoms with Crippen molar-refractivity contribution in [3.05, 3.63) is 128 Å². The number of aromatic nitrogens is 1. The number of pyridine rings is 1. The average Bonchev–Trinajstić information content (AvgIpc) is 3.44. The van der Waals surface area contributed by atoms with E-state index >= 15 is 0 Å². The summed E-state index contributed by atoms with van der Waals surface area (Å²) in [5, 5.41) is 0. The van der Waals surface area contributed by atoms with Crippen molar-refractivity contribution >= 4 is 5.69 Å². The van der Waals surface area contributed by atoms with Gasteiger partial charge in [-0.1, -0.05) is 42.5 Å². The minimum Gasteiger partial charge on any atom is -0.497 e. The summed E-state index contributed by atoms with van der Waals surface area (Å²) in [7, 11) is 3.70. The van der Waals surface area contributed by atoms with E-state index < -0.39 is 0 Å². The normalized spacial score (nSPS) is 12.4. The molecule has 0 fully saturated rings. The van der Waals surface area contributed by atoms with Gasteiger partial charge in [0.25, 0.3) is 0 Å². The van der Waals surface area contributed by atoms with Crippen molar-refractivity contribution in [2.24, 2.45) is 0 Å². The van der Waals surface area contributed by atoms with E-state index in [9.17, 15) is 0 Å². The molecule has 0 radical (unpaired) electrons. The molecule has 40 heavy (non-hydrogen) atoms. The molecule has 0 N–H and O–H groups in total. The standard InChI is InChI=1S/C34H29N3O3/c1-36-16-17-37(24-36)28-21-32(38-2)23-33(22-28)40-31-13-7-9-27(19-31)34-20-26(14-15-35-34)25-8-6-12-30(18-25)39-29-10-4-3-5-11-29/h3-23H,24H2,1-2H3. The number of ether oxygens (including phenoxy) is 3. The molecule has 0 aliphatic carbocycles. The largest absolute Gasteiger partial charge is 0.497 e. The third-order valence-corrected chi connectivity index (χ3v) is 6.58. The highest BCUT2D eigenvalue weighted by Crippen LogP contribution is 2.35. The Morgan fingerprint density at radius 2 is 1.27 bits per heavy atom. The zero-order chi connectivity index (χ0) is 27.3. The van der Waals surface area contributed by atoms with Crippen molar-refractivity contribution < 1.29 is 14.2 Å². The average molecular weight is 528 g/mol. The Bertz CT molecular complexity index is 1650. The second-order valence-corrected chi connectivity index (χ2v) is 9.54. The van der Waals surface area contributed by atoms with Crippen LogP contribution in [0, 0.1) is 0 Å². The van der Waals surface area contributed by atoms with Gasteiger partial charge in [0.15, 0.2) is 0 Å². The van der Waals surface area contributed by atoms with Crippen molar-refractivity contribution in [2.75, 3.05) is 25.7 Å². The van der Waals surface area contributed by atoms with Gasteiger partial charge >= 0.3 is 0 Å². The molecule has 6 nitrogen and oxygen atoms in total. The highest BCUT2D eigenvalue weighted by molar-refractivity contribution is 5.72. The monoisotopic (exact) mass is 527 g/mol. The van der Waals surface area contributed by atoms with Gasteiger partial charge in [0.1, 0.15) is 28.7 Å². The van der Waals surface area contributed by atoms with Gasteiger partial charge in [-0.3, -0.25) is 4.98 Å². The predicted molar refractivity (Wildman–Crippen MR) is 159 cm³/mol. The fourth-order valence-electron chi connectivity index (χ4n) is 4.58. The molecule has 0 bridgehead atoms. The van der Waals surface area contributed by atoms with Crippen molar-refractivity contribution in [1.82, 2.24) is 9.88 Å². The Hall–Kier alpha value is -5.23. The van der Waals surface area contributed by atoms with E-state index in [1.165, 1.54) is 0 Å². The van der Waals surface area contributed by atoms with Crippen molar-refractivity contribution in [2.45, 2.75) is 0 Å². The number of benzene rings is 4. The molecule has 0 atom stereocenters. The first-order valence-corrected chi connectivity index (χ1v) is 13.0. The molecule has 0 unspecified atom stereocenters. The highest BCUT2D eigenvalue weighted by Gasteiger charge is 2.14. The molecule has 1 aliphatic rings. The van der Waals surface area contributed by atoms with E-state index in [1.807, 2.05) is 123 Å². The summed E-state index contributed by atoms with van der Waals surface area (Å²) in [6.07, 6.45) is 5.91. The van der Waals surface area contributed by atoms with Gasteiger partial charge in [-0.25, -0.2) is 0 Å². The van der Waals surface area contributed by atoms with Crippen LogP contribution in [0.2, 0.25) is 0 Å². The van der Waals surface area contributed by atoms with Gasteiger partial charge in [0, 0.05) is 55.1 Å². The highest BCUT2D eigenvalue weighted by atomic mass is 16.5. The maximum atomic E-state index is 6.31. The second-order valence-electron chi connectivity index (χ2n) is 9.54. The van der Waals surface area contributed by atoms with Gasteiger partial charge in [0.05, 0.1) is 19.5 Å². The van der Waals surface area contributed by atoms with Crippen LogP contribution in [0.25, 0.3) is 22.4 Å². The molecule has 0 saturated heterocycles. The summed E-state index contributed by atoms with van der Waals surface area (Å²) in [6.45, 7) is 0.769. The van der Waals surface area contributed by atoms with Gasteiger partial charge in [0.2, 0.25) is 0 Å². The Balaban J connectivity index is 1.24. The molecular weight excluding hydrogens is 498 g/mol. The van der Waals surface area contributed by atoms with Gasteiger partial charge in [-0.2, -0.15) is 0 Å². The van der Waals surface area contributed by atoms with Gasteiger partial charge in [-0.15, -0.1) is 0 Å². The molecule has 0 amide bonds. The van der Waals surface area contributed by atoms with E-state index in [4.69, 9.17) is 14.2 Å². The van der Waals surface area contributed by atoms with E-state index in [0.717, 1.165) is 57.7 Å². The lowest BCUT2D eigenvalue weighted by Crippen LogP contribution is -2.21. The molecule has 4 aromatic carbocycles. The topological polar surface area (TPSA) is 47.1 Å². The molecule has 2 heterocycles. The molecule has 6 rings (SSSR count). The van der Waals surface area contributed by atoms with Crippen LogP contribution < -0.4 is 19.1 Å². The van der Waals surface area contributed by atoms with Crippen molar-refractivity contribution in [3.63, 3.8) is 0 Å². The smallest absolute Gasteiger partial charge is 0.133 e. The van der Waals surface area contributed by atoms with Crippen LogP contribution >= 0.6 is 0 Å². The third kappa shape index (κ3) is 5.76. The minimum absolute atomic E-state index is 0.700. The molecule has 1 aliphatic heterocycles. The number of hydrogen-bond donors (Lipinski definition) is 0. The summed E-state index contributed by atoms with van der Waals surface area (Å²) < 4.78 is 17.9. The van der Waals surface area contributed by atoms with Crippen LogP contribution in [0.1, 0.15) is 0 Å². The first-order chi connectivity index (χ1) is 19.6. The van der Waals surface area contributed by atoms with Crippen LogP contribution in [-0.4, -0.2) is 30.7 Å². The Morgan fingerprint density at radius 1 is 0.600 bits per heavy atom. The maximum Gasteiger partial charge on any atom is 0.133 e. The summed E-state index contributed by atoms with van der Waals surface area (Å²) >= 11 is 0. The van der Waals surface area contributed by atoms with Crippen molar-refractivity contribution in [3.8, 4) is 51.1 Å². The predicted octanol–water partition coefficient (Wildman–Crippen LogP) is 8.19. The zero-order valence-corrected chi connectivity index (χ0v) is 22.4. The lowest BCUT2D eigenvalue weighted by atomic mass is 10.0. The molecule has 6 heteroatoms. The SMILES string of the molecule is COc1cc(Oc2cccc(-c3cc(-c4cccc(Oc5ccccc5)c4)ccn3)c2)cc(N2C=CN(C)C2)c1. The van der Waals surface area contributed by atoms with Crippen LogP contribution in [-0.2, 0) is 0 Å². The molecular formula is C34H29N3O3. The molecule has 1 aromatic heterocycles. The van der Waals surface area contributed by atoms with Crippen LogP contribution in [0.5, 0.6) is 28.7 Å². The number of para-hydroxylation sites is 1. The third-order valence-electron chi connectivity index (χ3n) is 6.58. The molecule has 198 valence electrons. The van der Waals surface area contributed by atoms with Gasteiger partial charge in [-0.05, 0) is 59.7 Å². The Labute approximate surface area is 234 Å². The number of rotatable bonds is 8. The minimum atomic E-state index is 0.700. The van der Waals surface area contributed by atoms with Crippen LogP contribution in [0.4, 0.5) is 5.69 Å². The second kappa shape index (κ2) is 11.3. The van der Waals surface area contributed by atoms with Crippen LogP contribution in [0.3, 0.4) is 0 Å². The lowest BCUT2D eigenvalue weighted by Gasteiger charge is -2.20. The van der Waals surface area contributed by atoms with E-state index in [2.05, 4.69) is 26.9 Å².